The number of carbonyl (C=O) groups excluding carboxylic acids is 2. The lowest BCUT2D eigenvalue weighted by molar-refractivity contribution is -0.117. The summed E-state index contributed by atoms with van der Waals surface area (Å²) in [5.41, 5.74) is 19.5. The Balaban J connectivity index is -0.000000222. The first-order valence-electron chi connectivity index (χ1n) is 5.92. The molecule has 0 fully saturated rings. The van der Waals surface area contributed by atoms with Crippen LogP contribution in [0.15, 0.2) is 0 Å². The second-order valence-corrected chi connectivity index (χ2v) is 3.87. The van der Waals surface area contributed by atoms with Gasteiger partial charge in [0, 0.05) is 33.0 Å². The zero-order valence-electron chi connectivity index (χ0n) is 11.7. The minimum absolute atomic E-state index is 0.0995. The molecule has 10 N–H and O–H groups in total. The smallest absolute Gasteiger partial charge is 0.214 e. The van der Waals surface area contributed by atoms with Crippen LogP contribution in [0, 0.1) is 0 Å². The predicted octanol–water partition coefficient (Wildman–Crippen LogP) is -2.57. The third-order valence-electron chi connectivity index (χ3n) is 1.65. The van der Waals surface area contributed by atoms with Gasteiger partial charge in [0.1, 0.15) is 5.78 Å². The molecule has 0 heterocycles. The third-order valence-corrected chi connectivity index (χ3v) is 1.65. The van der Waals surface area contributed by atoms with Gasteiger partial charge in [-0.1, -0.05) is 0 Å². The van der Waals surface area contributed by atoms with E-state index in [1.54, 1.807) is 0 Å². The number of hydrogen-bond donors (Lipinski definition) is 6. The predicted molar refractivity (Wildman–Crippen MR) is 74.0 cm³/mol. The molecule has 0 aromatic heterocycles. The van der Waals surface area contributed by atoms with Crippen LogP contribution in [-0.2, 0) is 9.59 Å². The standard InChI is InChI=1S/C6H13NO2.C3H10N2O.C2H5NO/c1-5(8)2-3-6(9)4-7;4-1-3(6)2-5;1-2(3)4/h6,9H,2-4,7H2,1H3;3,6H,1-2,4-5H2;1H3,(H2,3,4). The van der Waals surface area contributed by atoms with Gasteiger partial charge in [-0.3, -0.25) is 4.79 Å². The van der Waals surface area contributed by atoms with Crippen LogP contribution < -0.4 is 22.9 Å². The number of aliphatic hydroxyl groups excluding tert-OH is 2. The second-order valence-electron chi connectivity index (χ2n) is 3.87. The first kappa shape index (κ1) is 23.1. The molecule has 0 saturated carbocycles. The molecular weight excluding hydrogens is 252 g/mol. The number of rotatable bonds is 6. The zero-order valence-corrected chi connectivity index (χ0v) is 11.7. The van der Waals surface area contributed by atoms with Crippen molar-refractivity contribution in [3.63, 3.8) is 0 Å². The number of carbonyl (C=O) groups is 2. The van der Waals surface area contributed by atoms with Crippen molar-refractivity contribution < 1.29 is 19.8 Å². The summed E-state index contributed by atoms with van der Waals surface area (Å²) in [5.74, 6) is -0.234. The summed E-state index contributed by atoms with van der Waals surface area (Å²) >= 11 is 0. The monoisotopic (exact) mass is 280 g/mol. The number of Topliss-reactive ketones (excluding diaryl/α,β-unsaturated/α-hetero) is 1. The van der Waals surface area contributed by atoms with Gasteiger partial charge in [0.2, 0.25) is 5.91 Å². The van der Waals surface area contributed by atoms with Crippen molar-refractivity contribution >= 4 is 11.7 Å². The molecule has 0 rings (SSSR count). The summed E-state index contributed by atoms with van der Waals surface area (Å²) in [6, 6.07) is 0. The molecule has 8 nitrogen and oxygen atoms in total. The number of aliphatic hydroxyl groups is 2. The minimum atomic E-state index is -0.509. The number of primary amides is 1. The molecular formula is C11H28N4O4. The van der Waals surface area contributed by atoms with Crippen LogP contribution in [0.4, 0.5) is 0 Å². The van der Waals surface area contributed by atoms with Gasteiger partial charge in [0.25, 0.3) is 0 Å². The van der Waals surface area contributed by atoms with Gasteiger partial charge in [-0.15, -0.1) is 0 Å². The lowest BCUT2D eigenvalue weighted by Gasteiger charge is -2.03. The van der Waals surface area contributed by atoms with E-state index in [2.05, 4.69) is 5.73 Å². The minimum Gasteiger partial charge on any atom is -0.392 e. The molecule has 0 saturated heterocycles. The number of nitrogens with two attached hydrogens (primary N) is 4. The molecule has 1 amide bonds. The van der Waals surface area contributed by atoms with Crippen LogP contribution >= 0.6 is 0 Å². The Labute approximate surface area is 114 Å². The van der Waals surface area contributed by atoms with E-state index < -0.39 is 12.2 Å². The van der Waals surface area contributed by atoms with E-state index in [1.165, 1.54) is 13.8 Å². The Morgan fingerprint density at radius 1 is 0.947 bits per heavy atom. The Morgan fingerprint density at radius 2 is 1.26 bits per heavy atom. The Morgan fingerprint density at radius 3 is 1.42 bits per heavy atom. The fourth-order valence-electron chi connectivity index (χ4n) is 0.584. The number of ketones is 1. The van der Waals surface area contributed by atoms with E-state index in [9.17, 15) is 9.59 Å². The first-order chi connectivity index (χ1) is 8.70. The summed E-state index contributed by atoms with van der Waals surface area (Å²) in [5, 5.41) is 17.2. The van der Waals surface area contributed by atoms with Gasteiger partial charge in [-0.2, -0.15) is 0 Å². The highest BCUT2D eigenvalue weighted by molar-refractivity contribution is 5.75. The van der Waals surface area contributed by atoms with Crippen molar-refractivity contribution in [3.8, 4) is 0 Å². The Kier molecular flexibility index (Phi) is 20.6. The average molecular weight is 280 g/mol. The van der Waals surface area contributed by atoms with Gasteiger partial charge in [0.05, 0.1) is 12.2 Å². The van der Waals surface area contributed by atoms with Gasteiger partial charge in [0.15, 0.2) is 0 Å². The molecule has 8 heteroatoms. The topological polar surface area (TPSA) is 179 Å². The first-order valence-corrected chi connectivity index (χ1v) is 5.92. The van der Waals surface area contributed by atoms with E-state index in [0.29, 0.717) is 12.8 Å². The van der Waals surface area contributed by atoms with E-state index >= 15 is 0 Å². The van der Waals surface area contributed by atoms with E-state index in [4.69, 9.17) is 27.4 Å². The fraction of sp³-hybridized carbons (Fsp3) is 0.818. The third kappa shape index (κ3) is 38.3. The quantitative estimate of drug-likeness (QED) is 0.309. The van der Waals surface area contributed by atoms with Crippen LogP contribution in [0.3, 0.4) is 0 Å². The average Bonchev–Trinajstić information content (AvgIpc) is 2.34. The molecule has 0 aromatic rings. The molecule has 0 bridgehead atoms. The van der Waals surface area contributed by atoms with Crippen molar-refractivity contribution in [2.24, 2.45) is 22.9 Å². The molecule has 1 unspecified atom stereocenters. The van der Waals surface area contributed by atoms with Gasteiger partial charge < -0.3 is 37.9 Å². The molecule has 1 atom stereocenters. The molecule has 0 spiro atoms. The lowest BCUT2D eigenvalue weighted by atomic mass is 10.1. The lowest BCUT2D eigenvalue weighted by Crippen LogP contribution is -2.27. The number of amides is 1. The second kappa shape index (κ2) is 16.9. The van der Waals surface area contributed by atoms with Crippen LogP contribution in [0.1, 0.15) is 26.7 Å². The largest absolute Gasteiger partial charge is 0.392 e. The molecule has 116 valence electrons. The molecule has 0 aliphatic carbocycles. The Hall–Kier alpha value is -1.06. The normalized spacial score (nSPS) is 10.7. The highest BCUT2D eigenvalue weighted by atomic mass is 16.3. The van der Waals surface area contributed by atoms with Crippen molar-refractivity contribution in [1.82, 2.24) is 0 Å². The van der Waals surface area contributed by atoms with Crippen LogP contribution in [-0.4, -0.2) is 53.7 Å². The maximum Gasteiger partial charge on any atom is 0.214 e. The molecule has 0 aliphatic rings. The van der Waals surface area contributed by atoms with Gasteiger partial charge in [-0.25, -0.2) is 0 Å². The summed E-state index contributed by atoms with van der Waals surface area (Å²) in [6.07, 6.45) is -0.0941. The Bertz CT molecular complexity index is 219. The van der Waals surface area contributed by atoms with Crippen molar-refractivity contribution in [1.29, 1.82) is 0 Å². The summed E-state index contributed by atoms with van der Waals surface area (Å²) < 4.78 is 0. The number of hydrogen-bond acceptors (Lipinski definition) is 7. The highest BCUT2D eigenvalue weighted by Gasteiger charge is 2.01. The van der Waals surface area contributed by atoms with Crippen LogP contribution in [0.2, 0.25) is 0 Å². The van der Waals surface area contributed by atoms with Crippen LogP contribution in [0.25, 0.3) is 0 Å². The van der Waals surface area contributed by atoms with E-state index in [1.807, 2.05) is 0 Å². The molecule has 0 radical (unpaired) electrons. The van der Waals surface area contributed by atoms with Gasteiger partial charge >= 0.3 is 0 Å². The molecule has 19 heavy (non-hydrogen) atoms. The van der Waals surface area contributed by atoms with Crippen molar-refractivity contribution in [2.75, 3.05) is 19.6 Å². The summed E-state index contributed by atoms with van der Waals surface area (Å²) in [7, 11) is 0. The van der Waals surface area contributed by atoms with Gasteiger partial charge in [-0.05, 0) is 13.3 Å². The molecule has 0 aliphatic heterocycles. The highest BCUT2D eigenvalue weighted by Crippen LogP contribution is 1.94. The van der Waals surface area contributed by atoms with Crippen LogP contribution in [0.5, 0.6) is 0 Å². The SMILES string of the molecule is CC(=O)CCC(O)CN.CC(N)=O.NCC(O)CN. The van der Waals surface area contributed by atoms with Crippen molar-refractivity contribution in [3.05, 3.63) is 0 Å². The van der Waals surface area contributed by atoms with E-state index in [-0.39, 0.29) is 31.3 Å². The fourth-order valence-corrected chi connectivity index (χ4v) is 0.584. The maximum atomic E-state index is 10.3. The molecule has 0 aromatic carbocycles. The summed E-state index contributed by atoms with van der Waals surface area (Å²) in [4.78, 5) is 19.5. The summed E-state index contributed by atoms with van der Waals surface area (Å²) in [6.45, 7) is 3.57. The zero-order chi connectivity index (χ0) is 15.8. The van der Waals surface area contributed by atoms with Crippen molar-refractivity contribution in [2.45, 2.75) is 38.9 Å². The van der Waals surface area contributed by atoms with E-state index in [0.717, 1.165) is 0 Å². The maximum absolute atomic E-state index is 10.3.